The molecule has 18 heavy (non-hydrogen) atoms. The summed E-state index contributed by atoms with van der Waals surface area (Å²) >= 11 is 0. The second kappa shape index (κ2) is 8.06. The molecule has 3 N–H and O–H groups in total. The predicted octanol–water partition coefficient (Wildman–Crippen LogP) is 0.0606. The Labute approximate surface area is 110 Å². The summed E-state index contributed by atoms with van der Waals surface area (Å²) in [6, 6.07) is 0.136. The van der Waals surface area contributed by atoms with Crippen LogP contribution in [-0.4, -0.2) is 52.1 Å². The van der Waals surface area contributed by atoms with Crippen LogP contribution >= 0.6 is 0 Å². The van der Waals surface area contributed by atoms with Gasteiger partial charge < -0.3 is 10.5 Å². The molecule has 1 fully saturated rings. The zero-order valence-electron chi connectivity index (χ0n) is 11.1. The summed E-state index contributed by atoms with van der Waals surface area (Å²) in [5, 5.41) is 0. The largest absolute Gasteiger partial charge is 0.383 e. The molecular formula is C11H25N3O3S. The molecule has 0 aromatic carbocycles. The van der Waals surface area contributed by atoms with Crippen molar-refractivity contribution >= 4 is 10.2 Å². The Hall–Kier alpha value is -0.210. The van der Waals surface area contributed by atoms with E-state index in [1.807, 2.05) is 0 Å². The van der Waals surface area contributed by atoms with E-state index in [0.717, 1.165) is 25.7 Å². The van der Waals surface area contributed by atoms with Crippen molar-refractivity contribution in [3.8, 4) is 0 Å². The average molecular weight is 279 g/mol. The number of nitrogens with zero attached hydrogens (tertiary/aromatic N) is 1. The van der Waals surface area contributed by atoms with Gasteiger partial charge in [-0.2, -0.15) is 17.4 Å². The third-order valence-corrected chi connectivity index (χ3v) is 4.88. The molecule has 1 aliphatic carbocycles. The van der Waals surface area contributed by atoms with E-state index >= 15 is 0 Å². The third-order valence-electron chi connectivity index (χ3n) is 3.21. The minimum Gasteiger partial charge on any atom is -0.383 e. The van der Waals surface area contributed by atoms with Gasteiger partial charge in [0.05, 0.1) is 6.61 Å². The Morgan fingerprint density at radius 1 is 1.39 bits per heavy atom. The molecule has 7 heteroatoms. The number of hydrogen-bond donors (Lipinski definition) is 2. The van der Waals surface area contributed by atoms with Crippen LogP contribution in [0.1, 0.15) is 32.1 Å². The summed E-state index contributed by atoms with van der Waals surface area (Å²) in [4.78, 5) is 0. The van der Waals surface area contributed by atoms with Crippen molar-refractivity contribution in [1.82, 2.24) is 9.03 Å². The second-order valence-electron chi connectivity index (χ2n) is 4.58. The van der Waals surface area contributed by atoms with Crippen LogP contribution in [0, 0.1) is 0 Å². The first-order valence-corrected chi connectivity index (χ1v) is 8.01. The standard InChI is InChI=1S/C11H25N3O3S/c1-17-10-8-13-18(15,16)14(9-4-7-12)11-5-2-3-6-11/h11,13H,2-10,12H2,1H3. The maximum Gasteiger partial charge on any atom is 0.279 e. The Balaban J connectivity index is 2.61. The molecular weight excluding hydrogens is 254 g/mol. The Morgan fingerprint density at radius 3 is 2.61 bits per heavy atom. The van der Waals surface area contributed by atoms with E-state index < -0.39 is 10.2 Å². The van der Waals surface area contributed by atoms with Crippen LogP contribution in [-0.2, 0) is 14.9 Å². The lowest BCUT2D eigenvalue weighted by Crippen LogP contribution is -2.47. The number of rotatable bonds is 9. The average Bonchev–Trinajstić information content (AvgIpc) is 2.83. The van der Waals surface area contributed by atoms with Crippen molar-refractivity contribution in [2.45, 2.75) is 38.1 Å². The number of hydrogen-bond acceptors (Lipinski definition) is 4. The molecule has 0 amide bonds. The lowest BCUT2D eigenvalue weighted by molar-refractivity contribution is 0.203. The first kappa shape index (κ1) is 15.8. The van der Waals surface area contributed by atoms with Gasteiger partial charge >= 0.3 is 0 Å². The van der Waals surface area contributed by atoms with Gasteiger partial charge in [0.2, 0.25) is 0 Å². The van der Waals surface area contributed by atoms with E-state index in [0.29, 0.717) is 32.7 Å². The van der Waals surface area contributed by atoms with Crippen molar-refractivity contribution in [3.05, 3.63) is 0 Å². The highest BCUT2D eigenvalue weighted by atomic mass is 32.2. The minimum absolute atomic E-state index is 0.136. The summed E-state index contributed by atoms with van der Waals surface area (Å²) in [6.07, 6.45) is 4.82. The first-order valence-electron chi connectivity index (χ1n) is 6.57. The predicted molar refractivity (Wildman–Crippen MR) is 71.4 cm³/mol. The quantitative estimate of drug-likeness (QED) is 0.585. The molecule has 0 aliphatic heterocycles. The van der Waals surface area contributed by atoms with Crippen LogP contribution in [0.5, 0.6) is 0 Å². The number of nitrogens with two attached hydrogens (primary N) is 1. The zero-order chi connectivity index (χ0) is 13.4. The summed E-state index contributed by atoms with van der Waals surface area (Å²) in [7, 11) is -1.85. The van der Waals surface area contributed by atoms with Gasteiger partial charge in [-0.05, 0) is 25.8 Å². The van der Waals surface area contributed by atoms with Gasteiger partial charge in [-0.15, -0.1) is 0 Å². The van der Waals surface area contributed by atoms with Gasteiger partial charge in [0.25, 0.3) is 10.2 Å². The molecule has 0 unspecified atom stereocenters. The highest BCUT2D eigenvalue weighted by molar-refractivity contribution is 7.87. The van der Waals surface area contributed by atoms with Crippen molar-refractivity contribution in [1.29, 1.82) is 0 Å². The Bertz CT molecular complexity index is 315. The molecule has 1 aliphatic rings. The maximum absolute atomic E-state index is 12.2. The SMILES string of the molecule is COCCNS(=O)(=O)N(CCCN)C1CCCC1. The van der Waals surface area contributed by atoms with Crippen LogP contribution in [0.4, 0.5) is 0 Å². The van der Waals surface area contributed by atoms with Crippen molar-refractivity contribution in [2.24, 2.45) is 5.73 Å². The van der Waals surface area contributed by atoms with Crippen molar-refractivity contribution in [3.63, 3.8) is 0 Å². The van der Waals surface area contributed by atoms with E-state index in [1.54, 1.807) is 11.4 Å². The molecule has 6 nitrogen and oxygen atoms in total. The molecule has 0 heterocycles. The van der Waals surface area contributed by atoms with Crippen LogP contribution < -0.4 is 10.5 Å². The van der Waals surface area contributed by atoms with E-state index in [1.165, 1.54) is 0 Å². The summed E-state index contributed by atoms with van der Waals surface area (Å²) in [5.41, 5.74) is 5.48. The Morgan fingerprint density at radius 2 is 2.06 bits per heavy atom. The number of methoxy groups -OCH3 is 1. The van der Waals surface area contributed by atoms with Crippen LogP contribution in [0.3, 0.4) is 0 Å². The molecule has 0 atom stereocenters. The Kier molecular flexibility index (Phi) is 7.10. The van der Waals surface area contributed by atoms with Crippen LogP contribution in [0.15, 0.2) is 0 Å². The molecule has 0 bridgehead atoms. The highest BCUT2D eigenvalue weighted by Gasteiger charge is 2.31. The monoisotopic (exact) mass is 279 g/mol. The van der Waals surface area contributed by atoms with Gasteiger partial charge in [0, 0.05) is 26.2 Å². The lowest BCUT2D eigenvalue weighted by Gasteiger charge is -2.28. The topological polar surface area (TPSA) is 84.7 Å². The van der Waals surface area contributed by atoms with Gasteiger partial charge in [0.1, 0.15) is 0 Å². The highest BCUT2D eigenvalue weighted by Crippen LogP contribution is 2.25. The van der Waals surface area contributed by atoms with Gasteiger partial charge in [-0.1, -0.05) is 12.8 Å². The van der Waals surface area contributed by atoms with Gasteiger partial charge in [0.15, 0.2) is 0 Å². The van der Waals surface area contributed by atoms with E-state index in [4.69, 9.17) is 10.5 Å². The normalized spacial score (nSPS) is 17.7. The molecule has 1 saturated carbocycles. The molecule has 0 radical (unpaired) electrons. The molecule has 0 spiro atoms. The minimum atomic E-state index is -3.40. The second-order valence-corrected chi connectivity index (χ2v) is 6.29. The zero-order valence-corrected chi connectivity index (χ0v) is 11.9. The van der Waals surface area contributed by atoms with E-state index in [2.05, 4.69) is 4.72 Å². The van der Waals surface area contributed by atoms with Gasteiger partial charge in [-0.25, -0.2) is 0 Å². The summed E-state index contributed by atoms with van der Waals surface area (Å²) < 4.78 is 33.5. The molecule has 0 saturated heterocycles. The van der Waals surface area contributed by atoms with Gasteiger partial charge in [-0.3, -0.25) is 0 Å². The fourth-order valence-electron chi connectivity index (χ4n) is 2.29. The van der Waals surface area contributed by atoms with Crippen LogP contribution in [0.2, 0.25) is 0 Å². The molecule has 0 aromatic rings. The maximum atomic E-state index is 12.2. The van der Waals surface area contributed by atoms with Crippen molar-refractivity contribution < 1.29 is 13.2 Å². The molecule has 1 rings (SSSR count). The molecule has 108 valence electrons. The number of ether oxygens (including phenoxy) is 1. The van der Waals surface area contributed by atoms with Crippen LogP contribution in [0.25, 0.3) is 0 Å². The molecule has 0 aromatic heterocycles. The van der Waals surface area contributed by atoms with E-state index in [-0.39, 0.29) is 6.04 Å². The number of nitrogens with one attached hydrogen (secondary N) is 1. The van der Waals surface area contributed by atoms with Crippen molar-refractivity contribution in [2.75, 3.05) is 33.4 Å². The smallest absolute Gasteiger partial charge is 0.279 e. The summed E-state index contributed by atoms with van der Waals surface area (Å²) in [6.45, 7) is 1.71. The third kappa shape index (κ3) is 4.81. The van der Waals surface area contributed by atoms with E-state index in [9.17, 15) is 8.42 Å². The fourth-order valence-corrected chi connectivity index (χ4v) is 3.77. The lowest BCUT2D eigenvalue weighted by atomic mass is 10.2. The fraction of sp³-hybridized carbons (Fsp3) is 1.00. The first-order chi connectivity index (χ1) is 8.61. The summed E-state index contributed by atoms with van der Waals surface area (Å²) in [5.74, 6) is 0.